The van der Waals surface area contributed by atoms with Gasteiger partial charge in [-0.25, -0.2) is 0 Å². The van der Waals surface area contributed by atoms with Crippen LogP contribution in [0.1, 0.15) is 29.8 Å². The summed E-state index contributed by atoms with van der Waals surface area (Å²) in [5.41, 5.74) is 1.86. The second-order valence-corrected chi connectivity index (χ2v) is 5.79. The monoisotopic (exact) mass is 361 g/mol. The maximum atomic E-state index is 12.2. The topological polar surface area (TPSA) is 38.3 Å². The Morgan fingerprint density at radius 1 is 1.44 bits per heavy atom. The zero-order valence-corrected chi connectivity index (χ0v) is 13.4. The van der Waals surface area contributed by atoms with Gasteiger partial charge >= 0.3 is 0 Å². The van der Waals surface area contributed by atoms with E-state index >= 15 is 0 Å². The SMILES string of the molecule is COCC(NC(=O)c1cccc(C)c1I)C(C)C. The molecule has 18 heavy (non-hydrogen) atoms. The van der Waals surface area contributed by atoms with Gasteiger partial charge in [0.25, 0.3) is 5.91 Å². The Morgan fingerprint density at radius 2 is 2.11 bits per heavy atom. The lowest BCUT2D eigenvalue weighted by Crippen LogP contribution is -2.41. The summed E-state index contributed by atoms with van der Waals surface area (Å²) in [6.45, 7) is 6.69. The van der Waals surface area contributed by atoms with Crippen LogP contribution in [0.4, 0.5) is 0 Å². The van der Waals surface area contributed by atoms with E-state index in [2.05, 4.69) is 41.8 Å². The van der Waals surface area contributed by atoms with Gasteiger partial charge in [0.15, 0.2) is 0 Å². The molecule has 3 nitrogen and oxygen atoms in total. The van der Waals surface area contributed by atoms with Crippen LogP contribution in [-0.4, -0.2) is 25.7 Å². The highest BCUT2D eigenvalue weighted by Gasteiger charge is 2.18. The van der Waals surface area contributed by atoms with Crippen molar-refractivity contribution in [3.63, 3.8) is 0 Å². The van der Waals surface area contributed by atoms with E-state index < -0.39 is 0 Å². The van der Waals surface area contributed by atoms with Crippen molar-refractivity contribution >= 4 is 28.5 Å². The number of nitrogens with one attached hydrogen (secondary N) is 1. The number of hydrogen-bond acceptors (Lipinski definition) is 2. The molecule has 0 radical (unpaired) electrons. The summed E-state index contributed by atoms with van der Waals surface area (Å²) in [6, 6.07) is 5.81. The highest BCUT2D eigenvalue weighted by molar-refractivity contribution is 14.1. The summed E-state index contributed by atoms with van der Waals surface area (Å²) < 4.78 is 6.15. The molecule has 1 unspecified atom stereocenters. The average Bonchev–Trinajstić information content (AvgIpc) is 2.31. The van der Waals surface area contributed by atoms with Crippen molar-refractivity contribution in [1.82, 2.24) is 5.32 Å². The average molecular weight is 361 g/mol. The predicted octanol–water partition coefficient (Wildman–Crippen LogP) is 3.00. The molecular weight excluding hydrogens is 341 g/mol. The van der Waals surface area contributed by atoms with Crippen LogP contribution in [0, 0.1) is 16.4 Å². The summed E-state index contributed by atoms with van der Waals surface area (Å²) in [5.74, 6) is 0.315. The maximum absolute atomic E-state index is 12.2. The molecule has 0 spiro atoms. The van der Waals surface area contributed by atoms with Crippen molar-refractivity contribution in [2.24, 2.45) is 5.92 Å². The molecule has 4 heteroatoms. The standard InChI is InChI=1S/C14H20INO2/c1-9(2)12(8-18-4)16-14(17)11-7-5-6-10(3)13(11)15/h5-7,9,12H,8H2,1-4H3,(H,16,17). The summed E-state index contributed by atoms with van der Waals surface area (Å²) in [7, 11) is 1.65. The van der Waals surface area contributed by atoms with Crippen LogP contribution in [0.25, 0.3) is 0 Å². The number of ether oxygens (including phenoxy) is 1. The van der Waals surface area contributed by atoms with Gasteiger partial charge < -0.3 is 10.1 Å². The van der Waals surface area contributed by atoms with Gasteiger partial charge in [0.05, 0.1) is 18.2 Å². The van der Waals surface area contributed by atoms with E-state index in [0.29, 0.717) is 12.5 Å². The van der Waals surface area contributed by atoms with Crippen molar-refractivity contribution < 1.29 is 9.53 Å². The molecule has 0 heterocycles. The number of carbonyl (C=O) groups is 1. The molecule has 0 bridgehead atoms. The van der Waals surface area contributed by atoms with Crippen LogP contribution in [0.5, 0.6) is 0 Å². The van der Waals surface area contributed by atoms with E-state index in [-0.39, 0.29) is 11.9 Å². The molecule has 0 aromatic heterocycles. The molecule has 0 aliphatic carbocycles. The zero-order valence-electron chi connectivity index (χ0n) is 11.3. The summed E-state index contributed by atoms with van der Waals surface area (Å²) in [5, 5.41) is 3.03. The van der Waals surface area contributed by atoms with Gasteiger partial charge in [-0.05, 0) is 47.1 Å². The van der Waals surface area contributed by atoms with Crippen molar-refractivity contribution in [3.8, 4) is 0 Å². The van der Waals surface area contributed by atoms with E-state index in [1.54, 1.807) is 7.11 Å². The van der Waals surface area contributed by atoms with Crippen molar-refractivity contribution in [1.29, 1.82) is 0 Å². The Hall–Kier alpha value is -0.620. The molecule has 1 N–H and O–H groups in total. The lowest BCUT2D eigenvalue weighted by atomic mass is 10.0. The minimum Gasteiger partial charge on any atom is -0.383 e. The first-order chi connectivity index (χ1) is 8.47. The lowest BCUT2D eigenvalue weighted by molar-refractivity contribution is 0.0865. The first kappa shape index (κ1) is 15.4. The molecule has 0 aliphatic heterocycles. The summed E-state index contributed by atoms with van der Waals surface area (Å²) >= 11 is 2.21. The smallest absolute Gasteiger partial charge is 0.252 e. The normalized spacial score (nSPS) is 12.6. The highest BCUT2D eigenvalue weighted by atomic mass is 127. The molecule has 1 amide bonds. The van der Waals surface area contributed by atoms with E-state index in [1.165, 1.54) is 0 Å². The van der Waals surface area contributed by atoms with Crippen LogP contribution in [0.15, 0.2) is 18.2 Å². The van der Waals surface area contributed by atoms with Gasteiger partial charge in [-0.1, -0.05) is 26.0 Å². The molecule has 1 rings (SSSR count). The summed E-state index contributed by atoms with van der Waals surface area (Å²) in [4.78, 5) is 12.2. The number of benzene rings is 1. The third-order valence-corrected chi connectivity index (χ3v) is 4.34. The van der Waals surface area contributed by atoms with Crippen molar-refractivity contribution in [2.45, 2.75) is 26.8 Å². The van der Waals surface area contributed by atoms with E-state index in [9.17, 15) is 4.79 Å². The van der Waals surface area contributed by atoms with Gasteiger partial charge in [0.1, 0.15) is 0 Å². The third kappa shape index (κ3) is 3.95. The zero-order chi connectivity index (χ0) is 13.7. The molecule has 0 saturated heterocycles. The molecule has 0 fully saturated rings. The molecular formula is C14H20INO2. The van der Waals surface area contributed by atoms with Gasteiger partial charge in [-0.15, -0.1) is 0 Å². The fourth-order valence-electron chi connectivity index (χ4n) is 1.65. The Morgan fingerprint density at radius 3 is 2.67 bits per heavy atom. The number of aryl methyl sites for hydroxylation is 1. The van der Waals surface area contributed by atoms with E-state index in [4.69, 9.17) is 4.74 Å². The third-order valence-electron chi connectivity index (χ3n) is 2.90. The van der Waals surface area contributed by atoms with Crippen LogP contribution in [0.2, 0.25) is 0 Å². The number of amides is 1. The fraction of sp³-hybridized carbons (Fsp3) is 0.500. The molecule has 1 aromatic rings. The predicted molar refractivity (Wildman–Crippen MR) is 81.9 cm³/mol. The molecule has 1 aromatic carbocycles. The van der Waals surface area contributed by atoms with E-state index in [1.807, 2.05) is 25.1 Å². The molecule has 0 aliphatic rings. The Bertz CT molecular complexity index is 418. The van der Waals surface area contributed by atoms with Gasteiger partial charge in [0, 0.05) is 10.7 Å². The van der Waals surface area contributed by atoms with Gasteiger partial charge in [-0.3, -0.25) is 4.79 Å². The quantitative estimate of drug-likeness (QED) is 0.819. The van der Waals surface area contributed by atoms with Gasteiger partial charge in [0.2, 0.25) is 0 Å². The second kappa shape index (κ2) is 7.09. The minimum atomic E-state index is -0.0288. The van der Waals surface area contributed by atoms with Crippen LogP contribution in [-0.2, 0) is 4.74 Å². The van der Waals surface area contributed by atoms with Crippen LogP contribution in [0.3, 0.4) is 0 Å². The molecule has 0 saturated carbocycles. The Kier molecular flexibility index (Phi) is 6.08. The Labute approximate surface area is 122 Å². The second-order valence-electron chi connectivity index (χ2n) is 4.72. The maximum Gasteiger partial charge on any atom is 0.252 e. The van der Waals surface area contributed by atoms with Gasteiger partial charge in [-0.2, -0.15) is 0 Å². The lowest BCUT2D eigenvalue weighted by Gasteiger charge is -2.22. The van der Waals surface area contributed by atoms with E-state index in [0.717, 1.165) is 14.7 Å². The van der Waals surface area contributed by atoms with Crippen LogP contribution < -0.4 is 5.32 Å². The molecule has 100 valence electrons. The first-order valence-corrected chi connectivity index (χ1v) is 7.10. The molecule has 1 atom stereocenters. The summed E-state index contributed by atoms with van der Waals surface area (Å²) in [6.07, 6.45) is 0. The number of hydrogen-bond donors (Lipinski definition) is 1. The Balaban J connectivity index is 2.84. The largest absolute Gasteiger partial charge is 0.383 e. The minimum absolute atomic E-state index is 0.0288. The number of rotatable bonds is 5. The fourth-order valence-corrected chi connectivity index (χ4v) is 2.25. The number of carbonyl (C=O) groups excluding carboxylic acids is 1. The van der Waals surface area contributed by atoms with Crippen LogP contribution >= 0.6 is 22.6 Å². The number of methoxy groups -OCH3 is 1. The first-order valence-electron chi connectivity index (χ1n) is 6.02. The highest BCUT2D eigenvalue weighted by Crippen LogP contribution is 2.17. The number of halogens is 1. The van der Waals surface area contributed by atoms with Crippen molar-refractivity contribution in [3.05, 3.63) is 32.9 Å². The van der Waals surface area contributed by atoms with Crippen molar-refractivity contribution in [2.75, 3.05) is 13.7 Å².